The van der Waals surface area contributed by atoms with Crippen molar-refractivity contribution in [2.45, 2.75) is 46.6 Å². The van der Waals surface area contributed by atoms with E-state index in [1.165, 1.54) is 12.1 Å². The number of hydrogen-bond acceptors (Lipinski definition) is 4. The maximum absolute atomic E-state index is 14.0. The van der Waals surface area contributed by atoms with Crippen molar-refractivity contribution in [2.24, 2.45) is 0 Å². The second-order valence-corrected chi connectivity index (χ2v) is 6.10. The van der Waals surface area contributed by atoms with Crippen LogP contribution in [-0.4, -0.2) is 23.8 Å². The third-order valence-electron chi connectivity index (χ3n) is 3.63. The van der Waals surface area contributed by atoms with E-state index in [-0.39, 0.29) is 11.8 Å². The van der Waals surface area contributed by atoms with Gasteiger partial charge in [0.2, 0.25) is 0 Å². The molecule has 1 aromatic heterocycles. The summed E-state index contributed by atoms with van der Waals surface area (Å²) < 4.78 is 24.5. The van der Waals surface area contributed by atoms with Gasteiger partial charge >= 0.3 is 6.03 Å². The van der Waals surface area contributed by atoms with Crippen LogP contribution in [0.1, 0.15) is 37.3 Å². The predicted molar refractivity (Wildman–Crippen MR) is 93.5 cm³/mol. The van der Waals surface area contributed by atoms with Crippen LogP contribution >= 0.6 is 0 Å². The summed E-state index contributed by atoms with van der Waals surface area (Å²) in [6.45, 7) is 7.94. The summed E-state index contributed by atoms with van der Waals surface area (Å²) in [5.41, 5.74) is 2.04. The average Bonchev–Trinajstić information content (AvgIpc) is 2.85. The highest BCUT2D eigenvalue weighted by Crippen LogP contribution is 2.21. The highest BCUT2D eigenvalue weighted by atomic mass is 19.1. The van der Waals surface area contributed by atoms with Crippen molar-refractivity contribution >= 4 is 11.7 Å². The van der Waals surface area contributed by atoms with E-state index in [9.17, 15) is 9.18 Å². The molecule has 2 aromatic rings. The number of nitrogens with one attached hydrogen (secondary N) is 2. The zero-order chi connectivity index (χ0) is 18.4. The number of hydrogen-bond donors (Lipinski definition) is 2. The number of ether oxygens (including phenoxy) is 1. The van der Waals surface area contributed by atoms with E-state index in [0.717, 1.165) is 29.9 Å². The summed E-state index contributed by atoms with van der Waals surface area (Å²) in [5, 5.41) is 9.10. The minimum Gasteiger partial charge on any atom is -0.491 e. The van der Waals surface area contributed by atoms with Crippen LogP contribution in [-0.2, 0) is 6.42 Å². The van der Waals surface area contributed by atoms with Gasteiger partial charge in [0.25, 0.3) is 0 Å². The van der Waals surface area contributed by atoms with Crippen molar-refractivity contribution in [2.75, 3.05) is 11.9 Å². The molecule has 0 saturated carbocycles. The fourth-order valence-electron chi connectivity index (χ4n) is 2.44. The lowest BCUT2D eigenvalue weighted by Crippen LogP contribution is -2.30. The molecule has 0 radical (unpaired) electrons. The lowest BCUT2D eigenvalue weighted by Gasteiger charge is -2.12. The number of aromatic nitrogens is 1. The summed E-state index contributed by atoms with van der Waals surface area (Å²) in [6, 6.07) is 3.91. The lowest BCUT2D eigenvalue weighted by atomic mass is 10.1. The second-order valence-electron chi connectivity index (χ2n) is 6.10. The number of halogens is 1. The first kappa shape index (κ1) is 18.8. The standard InChI is InChI=1S/C18H24FN3O3/c1-11(2)24-14-7-8-17(16(19)10-14)21-18(23)20-9-5-6-15-12(3)22-25-13(15)4/h7-8,10-11H,5-6,9H2,1-4H3,(H2,20,21,23). The minimum atomic E-state index is -0.538. The predicted octanol–water partition coefficient (Wildman–Crippen LogP) is 3.97. The third kappa shape index (κ3) is 5.48. The van der Waals surface area contributed by atoms with E-state index in [1.807, 2.05) is 27.7 Å². The molecule has 0 bridgehead atoms. The number of carbonyl (C=O) groups excluding carboxylic acids is 1. The number of anilines is 1. The number of carbonyl (C=O) groups is 1. The molecule has 0 saturated heterocycles. The third-order valence-corrected chi connectivity index (χ3v) is 3.63. The Morgan fingerprint density at radius 3 is 2.72 bits per heavy atom. The molecule has 0 unspecified atom stereocenters. The maximum Gasteiger partial charge on any atom is 0.319 e. The molecule has 1 aromatic carbocycles. The number of nitrogens with zero attached hydrogens (tertiary/aromatic N) is 1. The Bertz CT molecular complexity index is 709. The smallest absolute Gasteiger partial charge is 0.319 e. The summed E-state index contributed by atoms with van der Waals surface area (Å²) in [6.07, 6.45) is 1.45. The van der Waals surface area contributed by atoms with Crippen LogP contribution in [0.5, 0.6) is 5.75 Å². The van der Waals surface area contributed by atoms with Gasteiger partial charge in [0.15, 0.2) is 0 Å². The van der Waals surface area contributed by atoms with Gasteiger partial charge in [0.1, 0.15) is 17.3 Å². The van der Waals surface area contributed by atoms with E-state index >= 15 is 0 Å². The minimum absolute atomic E-state index is 0.0424. The van der Waals surface area contributed by atoms with Gasteiger partial charge in [-0.05, 0) is 52.7 Å². The van der Waals surface area contributed by atoms with E-state index in [0.29, 0.717) is 12.3 Å². The summed E-state index contributed by atoms with van der Waals surface area (Å²) in [5.74, 6) is 0.690. The zero-order valence-corrected chi connectivity index (χ0v) is 15.0. The fraction of sp³-hybridized carbons (Fsp3) is 0.444. The SMILES string of the molecule is Cc1noc(C)c1CCCNC(=O)Nc1ccc(OC(C)C)cc1F. The first-order valence-electron chi connectivity index (χ1n) is 8.29. The highest BCUT2D eigenvalue weighted by Gasteiger charge is 2.10. The molecule has 2 amide bonds. The number of aryl methyl sites for hydroxylation is 2. The molecular weight excluding hydrogens is 325 g/mol. The van der Waals surface area contributed by atoms with Crippen LogP contribution < -0.4 is 15.4 Å². The molecule has 0 spiro atoms. The molecule has 1 heterocycles. The Kier molecular flexibility index (Phi) is 6.38. The molecular formula is C18H24FN3O3. The number of amides is 2. The van der Waals surface area contributed by atoms with Crippen LogP contribution in [0.2, 0.25) is 0 Å². The van der Waals surface area contributed by atoms with Gasteiger partial charge in [-0.1, -0.05) is 5.16 Å². The van der Waals surface area contributed by atoms with Crippen LogP contribution in [0.4, 0.5) is 14.9 Å². The molecule has 2 rings (SSSR count). The average molecular weight is 349 g/mol. The molecule has 7 heteroatoms. The van der Waals surface area contributed by atoms with Gasteiger partial charge in [0.05, 0.1) is 17.5 Å². The van der Waals surface area contributed by atoms with Gasteiger partial charge in [-0.25, -0.2) is 9.18 Å². The second kappa shape index (κ2) is 8.50. The molecule has 6 nitrogen and oxygen atoms in total. The quantitative estimate of drug-likeness (QED) is 0.742. The summed E-state index contributed by atoms with van der Waals surface area (Å²) in [7, 11) is 0. The molecule has 0 aliphatic rings. The number of rotatable bonds is 7. The monoisotopic (exact) mass is 349 g/mol. The highest BCUT2D eigenvalue weighted by molar-refractivity contribution is 5.89. The first-order valence-corrected chi connectivity index (χ1v) is 8.29. The Labute approximate surface area is 146 Å². The van der Waals surface area contributed by atoms with Gasteiger partial charge < -0.3 is 19.9 Å². The molecule has 0 atom stereocenters. The van der Waals surface area contributed by atoms with Crippen molar-refractivity contribution in [1.29, 1.82) is 0 Å². The fourth-order valence-corrected chi connectivity index (χ4v) is 2.44. The van der Waals surface area contributed by atoms with Crippen molar-refractivity contribution in [3.8, 4) is 5.75 Å². The number of urea groups is 1. The largest absolute Gasteiger partial charge is 0.491 e. The van der Waals surface area contributed by atoms with Crippen LogP contribution in [0, 0.1) is 19.7 Å². The van der Waals surface area contributed by atoms with Crippen molar-refractivity contribution < 1.29 is 18.4 Å². The molecule has 0 aliphatic heterocycles. The van der Waals surface area contributed by atoms with E-state index in [1.54, 1.807) is 6.07 Å². The Balaban J connectivity index is 1.78. The van der Waals surface area contributed by atoms with Gasteiger partial charge in [0, 0.05) is 18.2 Å². The van der Waals surface area contributed by atoms with Crippen molar-refractivity contribution in [1.82, 2.24) is 10.5 Å². The summed E-state index contributed by atoms with van der Waals surface area (Å²) in [4.78, 5) is 11.9. The Morgan fingerprint density at radius 2 is 2.12 bits per heavy atom. The number of benzene rings is 1. The lowest BCUT2D eigenvalue weighted by molar-refractivity contribution is 0.241. The normalized spacial score (nSPS) is 10.8. The molecule has 25 heavy (non-hydrogen) atoms. The van der Waals surface area contributed by atoms with Crippen LogP contribution in [0.15, 0.2) is 22.7 Å². The van der Waals surface area contributed by atoms with E-state index in [4.69, 9.17) is 9.26 Å². The van der Waals surface area contributed by atoms with Crippen molar-refractivity contribution in [3.63, 3.8) is 0 Å². The molecule has 136 valence electrons. The zero-order valence-electron chi connectivity index (χ0n) is 15.0. The molecule has 0 fully saturated rings. The first-order chi connectivity index (χ1) is 11.9. The maximum atomic E-state index is 14.0. The van der Waals surface area contributed by atoms with Crippen molar-refractivity contribution in [3.05, 3.63) is 41.0 Å². The van der Waals surface area contributed by atoms with E-state index in [2.05, 4.69) is 15.8 Å². The van der Waals surface area contributed by atoms with Crippen LogP contribution in [0.3, 0.4) is 0 Å². The topological polar surface area (TPSA) is 76.4 Å². The Hall–Kier alpha value is -2.57. The Morgan fingerprint density at radius 1 is 1.36 bits per heavy atom. The van der Waals surface area contributed by atoms with E-state index < -0.39 is 11.8 Å². The summed E-state index contributed by atoms with van der Waals surface area (Å²) >= 11 is 0. The van der Waals surface area contributed by atoms with Crippen LogP contribution in [0.25, 0.3) is 0 Å². The molecule has 2 N–H and O–H groups in total. The molecule has 0 aliphatic carbocycles. The van der Waals surface area contributed by atoms with Gasteiger partial charge in [-0.15, -0.1) is 0 Å². The van der Waals surface area contributed by atoms with Gasteiger partial charge in [-0.3, -0.25) is 0 Å². The van der Waals surface area contributed by atoms with Gasteiger partial charge in [-0.2, -0.15) is 0 Å².